The van der Waals surface area contributed by atoms with Gasteiger partial charge in [-0.15, -0.1) is 0 Å². The van der Waals surface area contributed by atoms with Crippen LogP contribution in [0.4, 0.5) is 13.2 Å². The molecule has 0 spiro atoms. The molecule has 0 radical (unpaired) electrons. The molecule has 112 valence electrons. The van der Waals surface area contributed by atoms with E-state index in [0.717, 1.165) is 6.07 Å². The Hall–Kier alpha value is -1.72. The van der Waals surface area contributed by atoms with Crippen molar-refractivity contribution in [2.24, 2.45) is 5.73 Å². The molecule has 1 unspecified atom stereocenters. The zero-order valence-electron chi connectivity index (χ0n) is 11.1. The predicted octanol–water partition coefficient (Wildman–Crippen LogP) is 4.42. The fourth-order valence-electron chi connectivity index (χ4n) is 2.08. The number of alkyl halides is 3. The van der Waals surface area contributed by atoms with Crippen LogP contribution in [0.1, 0.15) is 22.7 Å². The molecule has 0 aromatic heterocycles. The number of halogens is 4. The summed E-state index contributed by atoms with van der Waals surface area (Å²) in [5.41, 5.74) is 5.75. The van der Waals surface area contributed by atoms with Crippen LogP contribution in [0, 0.1) is 0 Å². The summed E-state index contributed by atoms with van der Waals surface area (Å²) in [6.45, 7) is 0. The Morgan fingerprint density at radius 1 is 1.14 bits per heavy atom. The lowest BCUT2D eigenvalue weighted by Crippen LogP contribution is -2.18. The third-order valence-electron chi connectivity index (χ3n) is 3.14. The third kappa shape index (κ3) is 3.31. The number of hydrogen-bond acceptors (Lipinski definition) is 2. The molecule has 2 aromatic carbocycles. The lowest BCUT2D eigenvalue weighted by Gasteiger charge is -2.19. The number of methoxy groups -OCH3 is 1. The highest BCUT2D eigenvalue weighted by atomic mass is 35.5. The normalized spacial score (nSPS) is 13.0. The second-order valence-electron chi connectivity index (χ2n) is 4.46. The van der Waals surface area contributed by atoms with Crippen LogP contribution in [-0.2, 0) is 6.18 Å². The summed E-state index contributed by atoms with van der Waals surface area (Å²) in [6, 6.07) is 9.00. The van der Waals surface area contributed by atoms with Crippen molar-refractivity contribution in [1.82, 2.24) is 0 Å². The van der Waals surface area contributed by atoms with E-state index in [1.807, 2.05) is 0 Å². The van der Waals surface area contributed by atoms with E-state index in [2.05, 4.69) is 0 Å². The largest absolute Gasteiger partial charge is 0.495 e. The monoisotopic (exact) mass is 315 g/mol. The van der Waals surface area contributed by atoms with Gasteiger partial charge in [0.25, 0.3) is 0 Å². The highest BCUT2D eigenvalue weighted by Gasteiger charge is 2.34. The van der Waals surface area contributed by atoms with Crippen molar-refractivity contribution >= 4 is 11.6 Å². The van der Waals surface area contributed by atoms with E-state index in [9.17, 15) is 13.2 Å². The van der Waals surface area contributed by atoms with Crippen molar-refractivity contribution in [2.75, 3.05) is 7.11 Å². The molecule has 0 aliphatic heterocycles. The van der Waals surface area contributed by atoms with Crippen LogP contribution in [0.3, 0.4) is 0 Å². The Morgan fingerprint density at radius 2 is 1.81 bits per heavy atom. The van der Waals surface area contributed by atoms with E-state index in [1.165, 1.54) is 25.3 Å². The standard InChI is InChI=1S/C15H13ClF3NO/c1-21-13-8-9(6-7-12(13)16)14(20)10-4-2-3-5-11(10)15(17,18)19/h2-8,14H,20H2,1H3. The van der Waals surface area contributed by atoms with Crippen molar-refractivity contribution in [3.8, 4) is 5.75 Å². The van der Waals surface area contributed by atoms with E-state index in [-0.39, 0.29) is 5.56 Å². The predicted molar refractivity (Wildman–Crippen MR) is 75.5 cm³/mol. The molecule has 1 atom stereocenters. The molecule has 0 bridgehead atoms. The second-order valence-corrected chi connectivity index (χ2v) is 4.86. The lowest BCUT2D eigenvalue weighted by molar-refractivity contribution is -0.138. The van der Waals surface area contributed by atoms with E-state index >= 15 is 0 Å². The van der Waals surface area contributed by atoms with Crippen LogP contribution in [0.2, 0.25) is 5.02 Å². The zero-order chi connectivity index (χ0) is 15.6. The van der Waals surface area contributed by atoms with E-state index in [1.54, 1.807) is 18.2 Å². The van der Waals surface area contributed by atoms with Crippen molar-refractivity contribution in [2.45, 2.75) is 12.2 Å². The van der Waals surface area contributed by atoms with E-state index < -0.39 is 17.8 Å². The smallest absolute Gasteiger partial charge is 0.416 e. The topological polar surface area (TPSA) is 35.2 Å². The summed E-state index contributed by atoms with van der Waals surface area (Å²) >= 11 is 5.91. The maximum absolute atomic E-state index is 13.0. The fraction of sp³-hybridized carbons (Fsp3) is 0.200. The Bertz CT molecular complexity index is 643. The van der Waals surface area contributed by atoms with Gasteiger partial charge in [-0.3, -0.25) is 0 Å². The maximum atomic E-state index is 13.0. The minimum Gasteiger partial charge on any atom is -0.495 e. The summed E-state index contributed by atoms with van der Waals surface area (Å²) in [6.07, 6.45) is -4.45. The first kappa shape index (κ1) is 15.7. The van der Waals surface area contributed by atoms with Gasteiger partial charge in [0, 0.05) is 0 Å². The first-order chi connectivity index (χ1) is 9.84. The lowest BCUT2D eigenvalue weighted by atomic mass is 9.95. The molecule has 2 nitrogen and oxygen atoms in total. The highest BCUT2D eigenvalue weighted by molar-refractivity contribution is 6.32. The van der Waals surface area contributed by atoms with Crippen LogP contribution < -0.4 is 10.5 Å². The third-order valence-corrected chi connectivity index (χ3v) is 3.45. The van der Waals surface area contributed by atoms with Crippen LogP contribution in [0.5, 0.6) is 5.75 Å². The van der Waals surface area contributed by atoms with Gasteiger partial charge in [0.2, 0.25) is 0 Å². The van der Waals surface area contributed by atoms with Gasteiger partial charge in [0.15, 0.2) is 0 Å². The van der Waals surface area contributed by atoms with Gasteiger partial charge in [0.1, 0.15) is 5.75 Å². The van der Waals surface area contributed by atoms with Crippen molar-refractivity contribution in [3.05, 3.63) is 64.2 Å². The molecule has 2 N–H and O–H groups in total. The summed E-state index contributed by atoms with van der Waals surface area (Å²) in [5, 5.41) is 0.373. The van der Waals surface area contributed by atoms with Gasteiger partial charge in [0.05, 0.1) is 23.7 Å². The summed E-state index contributed by atoms with van der Waals surface area (Å²) in [5.74, 6) is 0.370. The van der Waals surface area contributed by atoms with Gasteiger partial charge >= 0.3 is 6.18 Å². The Balaban J connectivity index is 2.48. The Kier molecular flexibility index (Phi) is 4.44. The summed E-state index contributed by atoms with van der Waals surface area (Å²) in [7, 11) is 1.43. The number of rotatable bonds is 3. The van der Waals surface area contributed by atoms with Crippen LogP contribution in [0.15, 0.2) is 42.5 Å². The SMILES string of the molecule is COc1cc(C(N)c2ccccc2C(F)(F)F)ccc1Cl. The highest BCUT2D eigenvalue weighted by Crippen LogP contribution is 2.37. The number of hydrogen-bond donors (Lipinski definition) is 1. The van der Waals surface area contributed by atoms with Crippen molar-refractivity contribution in [3.63, 3.8) is 0 Å². The maximum Gasteiger partial charge on any atom is 0.416 e. The first-order valence-corrected chi connectivity index (χ1v) is 6.47. The number of ether oxygens (including phenoxy) is 1. The minimum absolute atomic E-state index is 0.00868. The molecule has 2 rings (SSSR count). The van der Waals surface area contributed by atoms with E-state index in [4.69, 9.17) is 22.1 Å². The zero-order valence-corrected chi connectivity index (χ0v) is 11.9. The Morgan fingerprint density at radius 3 is 2.43 bits per heavy atom. The second kappa shape index (κ2) is 5.95. The average Bonchev–Trinajstić information content (AvgIpc) is 2.46. The minimum atomic E-state index is -4.45. The van der Waals surface area contributed by atoms with Crippen LogP contribution in [-0.4, -0.2) is 7.11 Å². The molecule has 0 saturated heterocycles. The molecule has 0 fully saturated rings. The van der Waals surface area contributed by atoms with E-state index in [0.29, 0.717) is 16.3 Å². The summed E-state index contributed by atoms with van der Waals surface area (Å²) < 4.78 is 44.2. The fourth-order valence-corrected chi connectivity index (χ4v) is 2.27. The molecule has 2 aromatic rings. The Labute approximate surface area is 125 Å². The molecule has 6 heteroatoms. The van der Waals surface area contributed by atoms with Gasteiger partial charge in [-0.1, -0.05) is 35.9 Å². The quantitative estimate of drug-likeness (QED) is 0.910. The van der Waals surface area contributed by atoms with Crippen molar-refractivity contribution < 1.29 is 17.9 Å². The van der Waals surface area contributed by atoms with Crippen LogP contribution >= 0.6 is 11.6 Å². The molecule has 0 aliphatic rings. The molecular formula is C15H13ClF3NO. The molecule has 0 aliphatic carbocycles. The first-order valence-electron chi connectivity index (χ1n) is 6.09. The molecule has 21 heavy (non-hydrogen) atoms. The number of nitrogens with two attached hydrogens (primary N) is 1. The molecule has 0 heterocycles. The molecule has 0 saturated carbocycles. The average molecular weight is 316 g/mol. The van der Waals surface area contributed by atoms with Crippen LogP contribution in [0.25, 0.3) is 0 Å². The van der Waals surface area contributed by atoms with Gasteiger partial charge in [-0.25, -0.2) is 0 Å². The molecule has 0 amide bonds. The van der Waals surface area contributed by atoms with Gasteiger partial charge in [-0.2, -0.15) is 13.2 Å². The van der Waals surface area contributed by atoms with Gasteiger partial charge in [-0.05, 0) is 29.3 Å². The van der Waals surface area contributed by atoms with Crippen molar-refractivity contribution in [1.29, 1.82) is 0 Å². The number of benzene rings is 2. The van der Waals surface area contributed by atoms with Gasteiger partial charge < -0.3 is 10.5 Å². The molecular weight excluding hydrogens is 303 g/mol. The summed E-state index contributed by atoms with van der Waals surface area (Å²) in [4.78, 5) is 0.